The number of halogens is 1. The highest BCUT2D eigenvalue weighted by Gasteiger charge is 2.30. The summed E-state index contributed by atoms with van der Waals surface area (Å²) in [7, 11) is 1.61. The summed E-state index contributed by atoms with van der Waals surface area (Å²) in [5.41, 5.74) is 0.0955. The molecule has 0 spiro atoms. The molecule has 108 valence electrons. The molecule has 0 atom stereocenters. The Labute approximate surface area is 118 Å². The summed E-state index contributed by atoms with van der Waals surface area (Å²) in [6, 6.07) is 7.19. The molecule has 0 aliphatic rings. The Bertz CT molecular complexity index is 366. The minimum atomic E-state index is -0.724. The van der Waals surface area contributed by atoms with E-state index in [1.807, 2.05) is 12.1 Å². The van der Waals surface area contributed by atoms with Crippen molar-refractivity contribution < 1.29 is 19.7 Å². The number of aliphatic hydroxyl groups excluding tert-OH is 2. The molecule has 0 bridgehead atoms. The smallest absolute Gasteiger partial charge is 0.0700 e. The minimum Gasteiger partial charge on any atom is -0.395 e. The molecule has 0 saturated carbocycles. The Hall–Kier alpha value is -0.650. The SMILES string of the molecule is COCCOCCC(CO)(CO)c1cccc(Cl)c1. The van der Waals surface area contributed by atoms with E-state index in [2.05, 4.69) is 0 Å². The first-order valence-electron chi connectivity index (χ1n) is 6.23. The number of ether oxygens (including phenoxy) is 2. The van der Waals surface area contributed by atoms with Gasteiger partial charge in [0.15, 0.2) is 0 Å². The van der Waals surface area contributed by atoms with Crippen molar-refractivity contribution in [2.45, 2.75) is 11.8 Å². The molecule has 0 amide bonds. The lowest BCUT2D eigenvalue weighted by Crippen LogP contribution is -2.36. The predicted octanol–water partition coefficient (Wildman–Crippen LogP) is 1.62. The van der Waals surface area contributed by atoms with Gasteiger partial charge in [-0.25, -0.2) is 0 Å². The molecule has 2 N–H and O–H groups in total. The second-order valence-electron chi connectivity index (χ2n) is 4.46. The fourth-order valence-electron chi connectivity index (χ4n) is 1.87. The van der Waals surface area contributed by atoms with Gasteiger partial charge in [0.05, 0.1) is 26.4 Å². The van der Waals surface area contributed by atoms with Crippen LogP contribution >= 0.6 is 11.6 Å². The molecule has 19 heavy (non-hydrogen) atoms. The highest BCUT2D eigenvalue weighted by Crippen LogP contribution is 2.29. The van der Waals surface area contributed by atoms with Crippen molar-refractivity contribution in [1.29, 1.82) is 0 Å². The molecule has 1 aromatic rings. The number of rotatable bonds is 9. The maximum absolute atomic E-state index is 9.64. The molecule has 0 saturated heterocycles. The van der Waals surface area contributed by atoms with Crippen molar-refractivity contribution in [2.24, 2.45) is 0 Å². The molecule has 5 heteroatoms. The standard InChI is InChI=1S/C14H21ClO4/c1-18-7-8-19-6-5-14(10-16,11-17)12-3-2-4-13(15)9-12/h2-4,9,16-17H,5-8,10-11H2,1H3. The number of aliphatic hydroxyl groups is 2. The van der Waals surface area contributed by atoms with E-state index in [0.29, 0.717) is 31.3 Å². The van der Waals surface area contributed by atoms with E-state index in [9.17, 15) is 10.2 Å². The third kappa shape index (κ3) is 4.75. The van der Waals surface area contributed by atoms with E-state index in [0.717, 1.165) is 5.56 Å². The highest BCUT2D eigenvalue weighted by molar-refractivity contribution is 6.30. The van der Waals surface area contributed by atoms with Crippen LogP contribution in [0.1, 0.15) is 12.0 Å². The molecule has 1 rings (SSSR count). The fraction of sp³-hybridized carbons (Fsp3) is 0.571. The normalized spacial score (nSPS) is 11.8. The molecule has 0 aliphatic heterocycles. The van der Waals surface area contributed by atoms with Crippen molar-refractivity contribution >= 4 is 11.6 Å². The van der Waals surface area contributed by atoms with Gasteiger partial charge in [0.1, 0.15) is 0 Å². The molecule has 0 aliphatic carbocycles. The van der Waals surface area contributed by atoms with Crippen molar-refractivity contribution in [1.82, 2.24) is 0 Å². The first-order chi connectivity index (χ1) is 9.18. The van der Waals surface area contributed by atoms with E-state index in [-0.39, 0.29) is 13.2 Å². The number of hydrogen-bond acceptors (Lipinski definition) is 4. The molecule has 0 heterocycles. The molecular formula is C14H21ClO4. The zero-order valence-electron chi connectivity index (χ0n) is 11.1. The summed E-state index contributed by atoms with van der Waals surface area (Å²) in [5.74, 6) is 0. The monoisotopic (exact) mass is 288 g/mol. The lowest BCUT2D eigenvalue weighted by Gasteiger charge is -2.30. The van der Waals surface area contributed by atoms with Crippen molar-refractivity contribution in [2.75, 3.05) is 40.1 Å². The molecule has 0 unspecified atom stereocenters. The molecular weight excluding hydrogens is 268 g/mol. The summed E-state index contributed by atoms with van der Waals surface area (Å²) < 4.78 is 10.3. The van der Waals surface area contributed by atoms with E-state index in [1.54, 1.807) is 19.2 Å². The van der Waals surface area contributed by atoms with E-state index in [1.165, 1.54) is 0 Å². The second-order valence-corrected chi connectivity index (χ2v) is 4.90. The van der Waals surface area contributed by atoms with Gasteiger partial charge in [-0.2, -0.15) is 0 Å². The third-order valence-corrected chi connectivity index (χ3v) is 3.43. The van der Waals surface area contributed by atoms with Gasteiger partial charge < -0.3 is 19.7 Å². The van der Waals surface area contributed by atoms with Crippen LogP contribution in [-0.4, -0.2) is 50.4 Å². The fourth-order valence-corrected chi connectivity index (χ4v) is 2.06. The van der Waals surface area contributed by atoms with E-state index < -0.39 is 5.41 Å². The van der Waals surface area contributed by atoms with Gasteiger partial charge in [0.25, 0.3) is 0 Å². The maximum atomic E-state index is 9.64. The highest BCUT2D eigenvalue weighted by atomic mass is 35.5. The quantitative estimate of drug-likeness (QED) is 0.678. The van der Waals surface area contributed by atoms with Gasteiger partial charge in [0.2, 0.25) is 0 Å². The van der Waals surface area contributed by atoms with E-state index in [4.69, 9.17) is 21.1 Å². The Morgan fingerprint density at radius 3 is 2.47 bits per heavy atom. The van der Waals surface area contributed by atoms with Crippen LogP contribution in [0.3, 0.4) is 0 Å². The van der Waals surface area contributed by atoms with Crippen LogP contribution in [-0.2, 0) is 14.9 Å². The summed E-state index contributed by atoms with van der Waals surface area (Å²) in [6.07, 6.45) is 0.518. The Balaban J connectivity index is 2.68. The van der Waals surface area contributed by atoms with Crippen LogP contribution in [0.4, 0.5) is 0 Å². The first kappa shape index (κ1) is 16.4. The summed E-state index contributed by atoms with van der Waals surface area (Å²) in [6.45, 7) is 1.16. The van der Waals surface area contributed by atoms with Gasteiger partial charge >= 0.3 is 0 Å². The molecule has 0 fully saturated rings. The maximum Gasteiger partial charge on any atom is 0.0700 e. The van der Waals surface area contributed by atoms with Crippen LogP contribution in [0.2, 0.25) is 5.02 Å². The van der Waals surface area contributed by atoms with E-state index >= 15 is 0 Å². The molecule has 0 aromatic heterocycles. The Morgan fingerprint density at radius 2 is 1.89 bits per heavy atom. The zero-order chi connectivity index (χ0) is 14.1. The Kier molecular flexibility index (Phi) is 7.34. The van der Waals surface area contributed by atoms with Crippen LogP contribution in [0, 0.1) is 0 Å². The molecule has 1 aromatic carbocycles. The van der Waals surface area contributed by atoms with Crippen molar-refractivity contribution in [3.8, 4) is 0 Å². The van der Waals surface area contributed by atoms with Crippen LogP contribution in [0.15, 0.2) is 24.3 Å². The average molecular weight is 289 g/mol. The number of hydrogen-bond donors (Lipinski definition) is 2. The summed E-state index contributed by atoms with van der Waals surface area (Å²) in [4.78, 5) is 0. The van der Waals surface area contributed by atoms with Crippen molar-refractivity contribution in [3.63, 3.8) is 0 Å². The van der Waals surface area contributed by atoms with Crippen LogP contribution in [0.25, 0.3) is 0 Å². The summed E-state index contributed by atoms with van der Waals surface area (Å²) >= 11 is 5.96. The van der Waals surface area contributed by atoms with Gasteiger partial charge in [-0.1, -0.05) is 23.7 Å². The van der Waals surface area contributed by atoms with Gasteiger partial charge in [0, 0.05) is 24.2 Å². The molecule has 0 radical (unpaired) electrons. The Morgan fingerprint density at radius 1 is 1.16 bits per heavy atom. The average Bonchev–Trinajstić information content (AvgIpc) is 2.43. The van der Waals surface area contributed by atoms with Gasteiger partial charge in [-0.05, 0) is 24.1 Å². The topological polar surface area (TPSA) is 58.9 Å². The van der Waals surface area contributed by atoms with Crippen LogP contribution in [0.5, 0.6) is 0 Å². The molecule has 4 nitrogen and oxygen atoms in total. The number of benzene rings is 1. The lowest BCUT2D eigenvalue weighted by molar-refractivity contribution is 0.0391. The summed E-state index contributed by atoms with van der Waals surface area (Å²) in [5, 5.41) is 19.9. The van der Waals surface area contributed by atoms with Gasteiger partial charge in [-0.15, -0.1) is 0 Å². The largest absolute Gasteiger partial charge is 0.395 e. The third-order valence-electron chi connectivity index (χ3n) is 3.20. The predicted molar refractivity (Wildman–Crippen MR) is 74.6 cm³/mol. The number of methoxy groups -OCH3 is 1. The second kappa shape index (κ2) is 8.51. The lowest BCUT2D eigenvalue weighted by atomic mass is 9.79. The zero-order valence-corrected chi connectivity index (χ0v) is 11.9. The van der Waals surface area contributed by atoms with Gasteiger partial charge in [-0.3, -0.25) is 0 Å². The minimum absolute atomic E-state index is 0.155. The first-order valence-corrected chi connectivity index (χ1v) is 6.61. The van der Waals surface area contributed by atoms with Crippen molar-refractivity contribution in [3.05, 3.63) is 34.9 Å². The van der Waals surface area contributed by atoms with Crippen LogP contribution < -0.4 is 0 Å².